The zero-order valence-electron chi connectivity index (χ0n) is 4.35. The normalized spacial score (nSPS) is 9.25. The molecule has 1 aromatic heterocycles. The van der Waals surface area contributed by atoms with Gasteiger partial charge in [0, 0.05) is 0 Å². The van der Waals surface area contributed by atoms with Gasteiger partial charge in [-0.3, -0.25) is 0 Å². The Labute approximate surface area is 60.4 Å². The molecular formula is C5H5BrOS. The van der Waals surface area contributed by atoms with Gasteiger partial charge in [0.25, 0.3) is 0 Å². The summed E-state index contributed by atoms with van der Waals surface area (Å²) >= 11 is 4.89. The van der Waals surface area contributed by atoms with Crippen molar-refractivity contribution in [2.45, 2.75) is 0 Å². The lowest BCUT2D eigenvalue weighted by molar-refractivity contribution is 0.427. The average molecular weight is 193 g/mol. The van der Waals surface area contributed by atoms with Crippen LogP contribution in [0.1, 0.15) is 0 Å². The van der Waals surface area contributed by atoms with Gasteiger partial charge in [0.1, 0.15) is 0 Å². The van der Waals surface area contributed by atoms with Crippen molar-refractivity contribution >= 4 is 27.3 Å². The highest BCUT2D eigenvalue weighted by Gasteiger charge is 1.92. The van der Waals surface area contributed by atoms with E-state index < -0.39 is 0 Å². The van der Waals surface area contributed by atoms with E-state index in [0.717, 1.165) is 8.85 Å². The molecule has 0 spiro atoms. The van der Waals surface area contributed by atoms with Crippen LogP contribution in [-0.4, -0.2) is 7.11 Å². The van der Waals surface area contributed by atoms with Crippen LogP contribution in [0.25, 0.3) is 0 Å². The molecule has 0 aliphatic heterocycles. The van der Waals surface area contributed by atoms with Gasteiger partial charge < -0.3 is 4.74 Å². The highest BCUT2D eigenvalue weighted by atomic mass is 79.9. The zero-order chi connectivity index (χ0) is 5.98. The molecule has 44 valence electrons. The van der Waals surface area contributed by atoms with Gasteiger partial charge in [-0.05, 0) is 28.1 Å². The molecule has 0 radical (unpaired) electrons. The highest BCUT2D eigenvalue weighted by Crippen LogP contribution is 2.27. The Hall–Kier alpha value is -0.0200. The Morgan fingerprint density at radius 1 is 1.62 bits per heavy atom. The van der Waals surface area contributed by atoms with Crippen molar-refractivity contribution in [2.24, 2.45) is 0 Å². The third-order valence-electron chi connectivity index (χ3n) is 0.750. The van der Waals surface area contributed by atoms with E-state index in [1.807, 2.05) is 12.1 Å². The smallest absolute Gasteiger partial charge is 0.174 e. The van der Waals surface area contributed by atoms with Crippen LogP contribution in [-0.2, 0) is 0 Å². The van der Waals surface area contributed by atoms with E-state index >= 15 is 0 Å². The first-order valence-corrected chi connectivity index (χ1v) is 3.73. The maximum absolute atomic E-state index is 4.92. The Morgan fingerprint density at radius 2 is 2.38 bits per heavy atom. The largest absolute Gasteiger partial charge is 0.487 e. The molecule has 0 saturated heterocycles. The molecule has 3 heteroatoms. The number of hydrogen-bond donors (Lipinski definition) is 0. The number of thiophene rings is 1. The SMILES string of the molecule is COc1ccc(Br)s1. The predicted molar refractivity (Wildman–Crippen MR) is 38.6 cm³/mol. The second-order valence-electron chi connectivity index (χ2n) is 1.26. The van der Waals surface area contributed by atoms with Crippen LogP contribution in [0.4, 0.5) is 0 Å². The van der Waals surface area contributed by atoms with Gasteiger partial charge in [-0.15, -0.1) is 0 Å². The van der Waals surface area contributed by atoms with Crippen LogP contribution < -0.4 is 4.74 Å². The van der Waals surface area contributed by atoms with E-state index in [-0.39, 0.29) is 0 Å². The molecule has 8 heavy (non-hydrogen) atoms. The molecule has 0 aliphatic carbocycles. The van der Waals surface area contributed by atoms with Gasteiger partial charge in [-0.1, -0.05) is 11.3 Å². The van der Waals surface area contributed by atoms with Crippen LogP contribution in [0.5, 0.6) is 5.06 Å². The lowest BCUT2D eigenvalue weighted by atomic mass is 10.7. The van der Waals surface area contributed by atoms with Gasteiger partial charge in [0.15, 0.2) is 5.06 Å². The maximum Gasteiger partial charge on any atom is 0.174 e. The number of ether oxygens (including phenoxy) is 1. The highest BCUT2D eigenvalue weighted by molar-refractivity contribution is 9.11. The van der Waals surface area contributed by atoms with Crippen LogP contribution in [0.2, 0.25) is 0 Å². The molecule has 0 unspecified atom stereocenters. The molecule has 0 bridgehead atoms. The lowest BCUT2D eigenvalue weighted by Gasteiger charge is -1.86. The minimum atomic E-state index is 0.942. The van der Waals surface area contributed by atoms with Gasteiger partial charge in [0.05, 0.1) is 10.9 Å². The third-order valence-corrected chi connectivity index (χ3v) is 2.33. The second kappa shape index (κ2) is 2.51. The van der Waals surface area contributed by atoms with Crippen LogP contribution in [0.3, 0.4) is 0 Å². The van der Waals surface area contributed by atoms with E-state index in [1.165, 1.54) is 0 Å². The Balaban J connectivity index is 2.84. The molecule has 1 aromatic rings. The topological polar surface area (TPSA) is 9.23 Å². The van der Waals surface area contributed by atoms with Gasteiger partial charge >= 0.3 is 0 Å². The Bertz CT molecular complexity index is 173. The molecule has 1 rings (SSSR count). The zero-order valence-corrected chi connectivity index (χ0v) is 6.75. The fourth-order valence-corrected chi connectivity index (χ4v) is 1.57. The van der Waals surface area contributed by atoms with Crippen LogP contribution >= 0.6 is 27.3 Å². The fourth-order valence-electron chi connectivity index (χ4n) is 0.407. The van der Waals surface area contributed by atoms with Crippen molar-refractivity contribution < 1.29 is 4.74 Å². The quantitative estimate of drug-likeness (QED) is 0.665. The van der Waals surface area contributed by atoms with Crippen molar-refractivity contribution in [3.8, 4) is 5.06 Å². The minimum Gasteiger partial charge on any atom is -0.487 e. The average Bonchev–Trinajstić information content (AvgIpc) is 2.14. The lowest BCUT2D eigenvalue weighted by Crippen LogP contribution is -1.73. The molecule has 0 fully saturated rings. The first-order chi connectivity index (χ1) is 3.83. The molecular weight excluding hydrogens is 188 g/mol. The van der Waals surface area contributed by atoms with Gasteiger partial charge in [-0.25, -0.2) is 0 Å². The van der Waals surface area contributed by atoms with Crippen LogP contribution in [0.15, 0.2) is 15.9 Å². The number of methoxy groups -OCH3 is 1. The van der Waals surface area contributed by atoms with Gasteiger partial charge in [-0.2, -0.15) is 0 Å². The predicted octanol–water partition coefficient (Wildman–Crippen LogP) is 2.52. The number of halogens is 1. The monoisotopic (exact) mass is 192 g/mol. The Kier molecular flexibility index (Phi) is 1.91. The van der Waals surface area contributed by atoms with Crippen molar-refractivity contribution in [3.05, 3.63) is 15.9 Å². The van der Waals surface area contributed by atoms with E-state index in [4.69, 9.17) is 4.74 Å². The summed E-state index contributed by atoms with van der Waals surface area (Å²) in [5, 5.41) is 0.942. The fraction of sp³-hybridized carbons (Fsp3) is 0.200. The van der Waals surface area contributed by atoms with Crippen molar-refractivity contribution in [1.29, 1.82) is 0 Å². The summed E-state index contributed by atoms with van der Waals surface area (Å²) in [6.45, 7) is 0. The summed E-state index contributed by atoms with van der Waals surface area (Å²) in [5.41, 5.74) is 0. The molecule has 0 aromatic carbocycles. The maximum atomic E-state index is 4.92. The summed E-state index contributed by atoms with van der Waals surface area (Å²) < 4.78 is 6.03. The number of hydrogen-bond acceptors (Lipinski definition) is 2. The standard InChI is InChI=1S/C5H5BrOS/c1-7-5-3-2-4(6)8-5/h2-3H,1H3. The second-order valence-corrected chi connectivity index (χ2v) is 3.69. The molecule has 0 atom stereocenters. The molecule has 1 nitrogen and oxygen atoms in total. The summed E-state index contributed by atoms with van der Waals surface area (Å²) in [6, 6.07) is 3.89. The molecule has 0 N–H and O–H groups in total. The minimum absolute atomic E-state index is 0.942. The summed E-state index contributed by atoms with van der Waals surface area (Å²) in [7, 11) is 1.66. The molecule has 0 saturated carbocycles. The third kappa shape index (κ3) is 1.23. The van der Waals surface area contributed by atoms with Crippen molar-refractivity contribution in [1.82, 2.24) is 0 Å². The summed E-state index contributed by atoms with van der Waals surface area (Å²) in [6.07, 6.45) is 0. The van der Waals surface area contributed by atoms with E-state index in [0.29, 0.717) is 0 Å². The summed E-state index contributed by atoms with van der Waals surface area (Å²) in [4.78, 5) is 0. The van der Waals surface area contributed by atoms with Gasteiger partial charge in [0.2, 0.25) is 0 Å². The van der Waals surface area contributed by atoms with Crippen molar-refractivity contribution in [3.63, 3.8) is 0 Å². The molecule has 0 aliphatic rings. The molecule has 1 heterocycles. The molecule has 0 amide bonds. The first kappa shape index (κ1) is 6.11. The van der Waals surface area contributed by atoms with Crippen LogP contribution in [0, 0.1) is 0 Å². The number of rotatable bonds is 1. The van der Waals surface area contributed by atoms with E-state index in [9.17, 15) is 0 Å². The van der Waals surface area contributed by atoms with Crippen molar-refractivity contribution in [2.75, 3.05) is 7.11 Å². The first-order valence-electron chi connectivity index (χ1n) is 2.12. The summed E-state index contributed by atoms with van der Waals surface area (Å²) in [5.74, 6) is 0. The Morgan fingerprint density at radius 3 is 2.62 bits per heavy atom. The van der Waals surface area contributed by atoms with E-state index in [2.05, 4.69) is 15.9 Å². The van der Waals surface area contributed by atoms with E-state index in [1.54, 1.807) is 18.4 Å².